The van der Waals surface area contributed by atoms with E-state index >= 15 is 0 Å². The van der Waals surface area contributed by atoms with Gasteiger partial charge >= 0.3 is 5.97 Å². The molecule has 0 unspecified atom stereocenters. The molecule has 0 amide bonds. The molecular formula is C27H26N2O3. The maximum atomic E-state index is 10.7. The molecule has 0 aliphatic heterocycles. The van der Waals surface area contributed by atoms with Gasteiger partial charge < -0.3 is 9.84 Å². The molecular weight excluding hydrogens is 400 g/mol. The van der Waals surface area contributed by atoms with E-state index in [-0.39, 0.29) is 12.5 Å². The van der Waals surface area contributed by atoms with Crippen LogP contribution in [0.5, 0.6) is 5.75 Å². The number of rotatable bonds is 10. The summed E-state index contributed by atoms with van der Waals surface area (Å²) in [4.78, 5) is 10.7. The van der Waals surface area contributed by atoms with Crippen LogP contribution >= 0.6 is 0 Å². The fraction of sp³-hybridized carbons (Fsp3) is 0.185. The van der Waals surface area contributed by atoms with Crippen LogP contribution in [-0.2, 0) is 17.8 Å². The molecule has 0 bridgehead atoms. The van der Waals surface area contributed by atoms with Crippen LogP contribution < -0.4 is 4.74 Å². The zero-order valence-corrected chi connectivity index (χ0v) is 17.8. The minimum absolute atomic E-state index is 0.147. The maximum absolute atomic E-state index is 10.7. The van der Waals surface area contributed by atoms with Crippen LogP contribution in [0.4, 0.5) is 0 Å². The molecule has 162 valence electrons. The standard InChI is InChI=1S/C27H26N2O3/c30-26(31)20-32-25-15-7-9-21(17-25)10-8-16-29-19-24(18-28-29)27(22-11-3-1-4-12-22)23-13-5-2-6-14-23/h1-7,9,11-15,17-19,27H,8,10,16,20H2,(H,30,31). The Morgan fingerprint density at radius 2 is 1.59 bits per heavy atom. The van der Waals surface area contributed by atoms with E-state index in [0.29, 0.717) is 5.75 Å². The van der Waals surface area contributed by atoms with E-state index < -0.39 is 5.97 Å². The number of aromatic nitrogens is 2. The van der Waals surface area contributed by atoms with Crippen LogP contribution in [0.25, 0.3) is 0 Å². The van der Waals surface area contributed by atoms with Crippen molar-refractivity contribution in [1.82, 2.24) is 9.78 Å². The molecule has 4 aromatic rings. The van der Waals surface area contributed by atoms with E-state index in [1.807, 2.05) is 41.2 Å². The molecule has 0 saturated heterocycles. The van der Waals surface area contributed by atoms with Gasteiger partial charge in [-0.15, -0.1) is 0 Å². The number of ether oxygens (including phenoxy) is 1. The molecule has 0 saturated carbocycles. The summed E-state index contributed by atoms with van der Waals surface area (Å²) in [5.74, 6) is -0.247. The Morgan fingerprint density at radius 3 is 2.25 bits per heavy atom. The van der Waals surface area contributed by atoms with E-state index in [1.54, 1.807) is 6.07 Å². The molecule has 0 radical (unpaired) electrons. The lowest BCUT2D eigenvalue weighted by Gasteiger charge is -2.16. The Hall–Kier alpha value is -3.86. The van der Waals surface area contributed by atoms with Crippen molar-refractivity contribution in [3.8, 4) is 5.75 Å². The first kappa shape index (κ1) is 21.4. The topological polar surface area (TPSA) is 64.3 Å². The van der Waals surface area contributed by atoms with Crippen molar-refractivity contribution < 1.29 is 14.6 Å². The number of carboxylic acids is 1. The van der Waals surface area contributed by atoms with Crippen molar-refractivity contribution in [2.45, 2.75) is 25.3 Å². The molecule has 1 N–H and O–H groups in total. The highest BCUT2D eigenvalue weighted by atomic mass is 16.5. The van der Waals surface area contributed by atoms with Crippen LogP contribution in [0.15, 0.2) is 97.3 Å². The van der Waals surface area contributed by atoms with Gasteiger partial charge in [-0.05, 0) is 41.7 Å². The highest BCUT2D eigenvalue weighted by Gasteiger charge is 2.18. The van der Waals surface area contributed by atoms with Gasteiger partial charge in [-0.1, -0.05) is 72.8 Å². The normalized spacial score (nSPS) is 10.9. The Bertz CT molecular complexity index is 1100. The average molecular weight is 427 g/mol. The van der Waals surface area contributed by atoms with Crippen LogP contribution in [0.2, 0.25) is 0 Å². The van der Waals surface area contributed by atoms with Crippen molar-refractivity contribution in [2.75, 3.05) is 6.61 Å². The summed E-state index contributed by atoms with van der Waals surface area (Å²) >= 11 is 0. The van der Waals surface area contributed by atoms with E-state index in [9.17, 15) is 4.79 Å². The van der Waals surface area contributed by atoms with E-state index in [0.717, 1.165) is 24.9 Å². The summed E-state index contributed by atoms with van der Waals surface area (Å²) in [6.45, 7) is 0.472. The van der Waals surface area contributed by atoms with E-state index in [4.69, 9.17) is 9.84 Å². The number of aryl methyl sites for hydroxylation is 2. The molecule has 0 fully saturated rings. The van der Waals surface area contributed by atoms with Gasteiger partial charge in [0.2, 0.25) is 0 Å². The van der Waals surface area contributed by atoms with Gasteiger partial charge in [-0.2, -0.15) is 5.10 Å². The summed E-state index contributed by atoms with van der Waals surface area (Å²) < 4.78 is 7.27. The third-order valence-electron chi connectivity index (χ3n) is 5.37. The van der Waals surface area contributed by atoms with Crippen LogP contribution in [0.3, 0.4) is 0 Å². The van der Waals surface area contributed by atoms with Crippen LogP contribution in [-0.4, -0.2) is 27.5 Å². The minimum atomic E-state index is -0.978. The zero-order chi connectivity index (χ0) is 22.2. The van der Waals surface area contributed by atoms with Gasteiger partial charge in [-0.25, -0.2) is 4.79 Å². The predicted octanol–water partition coefficient (Wildman–Crippen LogP) is 5.16. The highest BCUT2D eigenvalue weighted by Crippen LogP contribution is 2.31. The lowest BCUT2D eigenvalue weighted by atomic mass is 9.87. The minimum Gasteiger partial charge on any atom is -0.482 e. The Balaban J connectivity index is 1.42. The summed E-state index contributed by atoms with van der Waals surface area (Å²) in [5, 5.41) is 13.4. The molecule has 0 aliphatic carbocycles. The molecule has 5 heteroatoms. The second-order valence-corrected chi connectivity index (χ2v) is 7.72. The monoisotopic (exact) mass is 426 g/mol. The van der Waals surface area contributed by atoms with Crippen molar-refractivity contribution >= 4 is 5.97 Å². The Labute approximate surface area is 187 Å². The van der Waals surface area contributed by atoms with Gasteiger partial charge in [0.25, 0.3) is 0 Å². The van der Waals surface area contributed by atoms with E-state index in [1.165, 1.54) is 16.7 Å². The summed E-state index contributed by atoms with van der Waals surface area (Å²) in [7, 11) is 0. The second-order valence-electron chi connectivity index (χ2n) is 7.72. The average Bonchev–Trinajstić information content (AvgIpc) is 3.28. The molecule has 3 aromatic carbocycles. The molecule has 1 aromatic heterocycles. The number of carboxylic acid groups (broad SMARTS) is 1. The fourth-order valence-corrected chi connectivity index (χ4v) is 3.90. The van der Waals surface area contributed by atoms with Gasteiger partial charge in [0, 0.05) is 24.2 Å². The van der Waals surface area contributed by atoms with Gasteiger partial charge in [-0.3, -0.25) is 4.68 Å². The summed E-state index contributed by atoms with van der Waals surface area (Å²) in [6.07, 6.45) is 5.88. The predicted molar refractivity (Wildman–Crippen MR) is 124 cm³/mol. The number of benzene rings is 3. The number of aliphatic carboxylic acids is 1. The Morgan fingerprint density at radius 1 is 0.906 bits per heavy atom. The van der Waals surface area contributed by atoms with E-state index in [2.05, 4.69) is 59.8 Å². The molecule has 5 nitrogen and oxygen atoms in total. The first-order valence-electron chi connectivity index (χ1n) is 10.7. The number of nitrogens with zero attached hydrogens (tertiary/aromatic N) is 2. The van der Waals surface area contributed by atoms with Gasteiger partial charge in [0.1, 0.15) is 5.75 Å². The second kappa shape index (κ2) is 10.4. The molecule has 0 spiro atoms. The van der Waals surface area contributed by atoms with Crippen molar-refractivity contribution in [3.63, 3.8) is 0 Å². The largest absolute Gasteiger partial charge is 0.482 e. The third-order valence-corrected chi connectivity index (χ3v) is 5.37. The van der Waals surface area contributed by atoms with Gasteiger partial charge in [0.05, 0.1) is 6.20 Å². The lowest BCUT2D eigenvalue weighted by molar-refractivity contribution is -0.139. The first-order valence-corrected chi connectivity index (χ1v) is 10.7. The van der Waals surface area contributed by atoms with Crippen molar-refractivity contribution in [2.24, 2.45) is 0 Å². The SMILES string of the molecule is O=C(O)COc1cccc(CCCn2cc(C(c3ccccc3)c3ccccc3)cn2)c1. The molecule has 0 atom stereocenters. The molecule has 32 heavy (non-hydrogen) atoms. The van der Waals surface area contributed by atoms with Crippen LogP contribution in [0, 0.1) is 0 Å². The fourth-order valence-electron chi connectivity index (χ4n) is 3.90. The highest BCUT2D eigenvalue weighted by molar-refractivity contribution is 5.68. The van der Waals surface area contributed by atoms with Crippen molar-refractivity contribution in [3.05, 3.63) is 120 Å². The van der Waals surface area contributed by atoms with Gasteiger partial charge in [0.15, 0.2) is 6.61 Å². The quantitative estimate of drug-likeness (QED) is 0.380. The Kier molecular flexibility index (Phi) is 6.98. The summed E-state index contributed by atoms with van der Waals surface area (Å²) in [6, 6.07) is 28.6. The molecule has 0 aliphatic rings. The van der Waals surface area contributed by atoms with Crippen LogP contribution in [0.1, 0.15) is 34.6 Å². The zero-order valence-electron chi connectivity index (χ0n) is 17.8. The van der Waals surface area contributed by atoms with Crippen molar-refractivity contribution in [1.29, 1.82) is 0 Å². The number of hydrogen-bond acceptors (Lipinski definition) is 3. The smallest absolute Gasteiger partial charge is 0.341 e. The number of hydrogen-bond donors (Lipinski definition) is 1. The number of carbonyl (C=O) groups is 1. The third kappa shape index (κ3) is 5.64. The maximum Gasteiger partial charge on any atom is 0.341 e. The summed E-state index contributed by atoms with van der Waals surface area (Å²) in [5.41, 5.74) is 4.78. The first-order chi connectivity index (χ1) is 15.7. The molecule has 1 heterocycles. The molecule has 4 rings (SSSR count). The lowest BCUT2D eigenvalue weighted by Crippen LogP contribution is -2.09.